The van der Waals surface area contributed by atoms with E-state index in [4.69, 9.17) is 16.1 Å². The van der Waals surface area contributed by atoms with Crippen molar-refractivity contribution in [2.75, 3.05) is 5.75 Å². The highest BCUT2D eigenvalue weighted by molar-refractivity contribution is 7.99. The van der Waals surface area contributed by atoms with Gasteiger partial charge in [0.05, 0.1) is 11.1 Å². The van der Waals surface area contributed by atoms with E-state index in [9.17, 15) is 0 Å². The Morgan fingerprint density at radius 1 is 1.54 bits per heavy atom. The molecule has 1 aliphatic heterocycles. The van der Waals surface area contributed by atoms with Crippen molar-refractivity contribution >= 4 is 23.4 Å². The third-order valence-corrected chi connectivity index (χ3v) is 3.66. The number of thioether (sulfide) groups is 1. The number of hydrogen-bond donors (Lipinski definition) is 0. The predicted octanol–water partition coefficient (Wildman–Crippen LogP) is 2.77. The molecule has 0 N–H and O–H groups in total. The summed E-state index contributed by atoms with van der Waals surface area (Å²) in [4.78, 5) is 4.22. The number of nitrogens with zero attached hydrogens (tertiary/aromatic N) is 2. The second-order valence-electron chi connectivity index (χ2n) is 3.04. The molecule has 0 spiro atoms. The summed E-state index contributed by atoms with van der Waals surface area (Å²) in [6.45, 7) is 0. The predicted molar refractivity (Wildman–Crippen MR) is 52.9 cm³/mol. The zero-order valence-corrected chi connectivity index (χ0v) is 8.77. The summed E-state index contributed by atoms with van der Waals surface area (Å²) < 4.78 is 5.13. The van der Waals surface area contributed by atoms with E-state index in [1.807, 2.05) is 11.8 Å². The normalized spacial score (nSPS) is 23.3. The molecule has 5 heteroatoms. The molecular formula is C8H11ClN2OS. The molecule has 0 amide bonds. The summed E-state index contributed by atoms with van der Waals surface area (Å²) in [7, 11) is 0. The van der Waals surface area contributed by atoms with E-state index in [-0.39, 0.29) is 0 Å². The fraction of sp³-hybridized carbons (Fsp3) is 0.750. The van der Waals surface area contributed by atoms with E-state index in [1.54, 1.807) is 0 Å². The highest BCUT2D eigenvalue weighted by atomic mass is 35.5. The van der Waals surface area contributed by atoms with Gasteiger partial charge in [-0.1, -0.05) is 11.6 Å². The monoisotopic (exact) mass is 218 g/mol. The Balaban J connectivity index is 2.05. The standard InChI is InChI=1S/C8H11ClN2OS/c9-5-7-10-8(12-11-7)6-3-1-2-4-13-6/h6H,1-5H2. The molecule has 1 fully saturated rings. The molecular weight excluding hydrogens is 208 g/mol. The van der Waals surface area contributed by atoms with Crippen molar-refractivity contribution in [3.8, 4) is 0 Å². The molecule has 0 aromatic carbocycles. The molecule has 1 atom stereocenters. The van der Waals surface area contributed by atoms with Gasteiger partial charge in [-0.05, 0) is 18.6 Å². The highest BCUT2D eigenvalue weighted by Gasteiger charge is 2.21. The van der Waals surface area contributed by atoms with Crippen LogP contribution in [0.15, 0.2) is 4.52 Å². The molecule has 1 aromatic rings. The first kappa shape index (κ1) is 9.34. The molecule has 3 nitrogen and oxygen atoms in total. The molecule has 0 bridgehead atoms. The Kier molecular flexibility index (Phi) is 3.11. The van der Waals surface area contributed by atoms with Gasteiger partial charge in [0.15, 0.2) is 5.82 Å². The molecule has 1 aromatic heterocycles. The number of alkyl halides is 1. The number of halogens is 1. The number of rotatable bonds is 2. The Hall–Kier alpha value is -0.220. The van der Waals surface area contributed by atoms with Crippen LogP contribution in [0.25, 0.3) is 0 Å². The van der Waals surface area contributed by atoms with Crippen molar-refractivity contribution in [3.05, 3.63) is 11.7 Å². The van der Waals surface area contributed by atoms with Crippen molar-refractivity contribution in [3.63, 3.8) is 0 Å². The molecule has 2 rings (SSSR count). The quantitative estimate of drug-likeness (QED) is 0.716. The van der Waals surface area contributed by atoms with Gasteiger partial charge in [-0.3, -0.25) is 0 Å². The third-order valence-electron chi connectivity index (χ3n) is 2.06. The minimum absolute atomic E-state index is 0.334. The van der Waals surface area contributed by atoms with Crippen LogP contribution in [0.4, 0.5) is 0 Å². The van der Waals surface area contributed by atoms with Gasteiger partial charge in [0, 0.05) is 0 Å². The first-order valence-electron chi connectivity index (χ1n) is 4.40. The van der Waals surface area contributed by atoms with Gasteiger partial charge in [-0.15, -0.1) is 23.4 Å². The average molecular weight is 219 g/mol. The number of hydrogen-bond acceptors (Lipinski definition) is 4. The summed E-state index contributed by atoms with van der Waals surface area (Å²) in [5, 5.41) is 4.18. The van der Waals surface area contributed by atoms with Gasteiger partial charge in [0.2, 0.25) is 5.89 Å². The van der Waals surface area contributed by atoms with Crippen molar-refractivity contribution in [2.24, 2.45) is 0 Å². The van der Waals surface area contributed by atoms with Gasteiger partial charge < -0.3 is 4.52 Å². The van der Waals surface area contributed by atoms with E-state index >= 15 is 0 Å². The zero-order chi connectivity index (χ0) is 9.10. The van der Waals surface area contributed by atoms with E-state index < -0.39 is 0 Å². The second-order valence-corrected chi connectivity index (χ2v) is 4.62. The Morgan fingerprint density at radius 3 is 3.08 bits per heavy atom. The lowest BCUT2D eigenvalue weighted by Gasteiger charge is -2.16. The van der Waals surface area contributed by atoms with E-state index in [1.165, 1.54) is 18.6 Å². The first-order chi connectivity index (χ1) is 6.40. The summed E-state index contributed by atoms with van der Waals surface area (Å²) in [5.41, 5.74) is 0. The van der Waals surface area contributed by atoms with Crippen LogP contribution in [-0.4, -0.2) is 15.9 Å². The average Bonchev–Trinajstić information content (AvgIpc) is 2.67. The number of aromatic nitrogens is 2. The van der Waals surface area contributed by atoms with Crippen LogP contribution in [0.5, 0.6) is 0 Å². The summed E-state index contributed by atoms with van der Waals surface area (Å²) in [5.74, 6) is 2.88. The maximum atomic E-state index is 5.59. The topological polar surface area (TPSA) is 38.9 Å². The SMILES string of the molecule is ClCc1noc(C2CCCCS2)n1. The lowest BCUT2D eigenvalue weighted by molar-refractivity contribution is 0.366. The van der Waals surface area contributed by atoms with Crippen molar-refractivity contribution in [1.29, 1.82) is 0 Å². The third kappa shape index (κ3) is 2.17. The molecule has 0 radical (unpaired) electrons. The zero-order valence-electron chi connectivity index (χ0n) is 7.20. The molecule has 72 valence electrons. The van der Waals surface area contributed by atoms with Crippen molar-refractivity contribution in [2.45, 2.75) is 30.4 Å². The minimum Gasteiger partial charge on any atom is -0.338 e. The molecule has 0 saturated carbocycles. The maximum absolute atomic E-state index is 5.59. The molecule has 0 aliphatic carbocycles. The van der Waals surface area contributed by atoms with Gasteiger partial charge in [0.25, 0.3) is 0 Å². The molecule has 13 heavy (non-hydrogen) atoms. The van der Waals surface area contributed by atoms with Crippen LogP contribution in [0, 0.1) is 0 Å². The highest BCUT2D eigenvalue weighted by Crippen LogP contribution is 2.37. The van der Waals surface area contributed by atoms with Crippen LogP contribution in [0.2, 0.25) is 0 Å². The smallest absolute Gasteiger partial charge is 0.239 e. The van der Waals surface area contributed by atoms with Gasteiger partial charge in [0.1, 0.15) is 0 Å². The lowest BCUT2D eigenvalue weighted by atomic mass is 10.2. The Bertz CT molecular complexity index is 273. The van der Waals surface area contributed by atoms with E-state index in [2.05, 4.69) is 10.1 Å². The minimum atomic E-state index is 0.334. The van der Waals surface area contributed by atoms with Gasteiger partial charge in [-0.25, -0.2) is 0 Å². The van der Waals surface area contributed by atoms with Gasteiger partial charge in [-0.2, -0.15) is 4.98 Å². The van der Waals surface area contributed by atoms with Crippen LogP contribution < -0.4 is 0 Å². The maximum Gasteiger partial charge on any atom is 0.239 e. The summed E-state index contributed by atoms with van der Waals surface area (Å²) >= 11 is 7.49. The Morgan fingerprint density at radius 2 is 2.46 bits per heavy atom. The van der Waals surface area contributed by atoms with E-state index in [0.717, 1.165) is 12.3 Å². The van der Waals surface area contributed by atoms with Crippen LogP contribution in [-0.2, 0) is 5.88 Å². The molecule has 1 unspecified atom stereocenters. The fourth-order valence-corrected chi connectivity index (χ4v) is 2.72. The molecule has 2 heterocycles. The van der Waals surface area contributed by atoms with Crippen LogP contribution >= 0.6 is 23.4 Å². The Labute approximate surface area is 86.2 Å². The summed E-state index contributed by atoms with van der Waals surface area (Å²) in [6, 6.07) is 0. The second kappa shape index (κ2) is 4.33. The first-order valence-corrected chi connectivity index (χ1v) is 5.98. The van der Waals surface area contributed by atoms with E-state index in [0.29, 0.717) is 17.0 Å². The molecule has 1 saturated heterocycles. The van der Waals surface area contributed by atoms with Crippen LogP contribution in [0.1, 0.15) is 36.2 Å². The van der Waals surface area contributed by atoms with Crippen molar-refractivity contribution in [1.82, 2.24) is 10.1 Å². The largest absolute Gasteiger partial charge is 0.338 e. The van der Waals surface area contributed by atoms with Crippen LogP contribution in [0.3, 0.4) is 0 Å². The summed E-state index contributed by atoms with van der Waals surface area (Å²) in [6.07, 6.45) is 3.71. The fourth-order valence-electron chi connectivity index (χ4n) is 1.39. The van der Waals surface area contributed by atoms with Crippen molar-refractivity contribution < 1.29 is 4.52 Å². The lowest BCUT2D eigenvalue weighted by Crippen LogP contribution is -2.02. The van der Waals surface area contributed by atoms with Gasteiger partial charge >= 0.3 is 0 Å². The molecule has 1 aliphatic rings.